The molecule has 8 rings (SSSR count). The van der Waals surface area contributed by atoms with E-state index in [2.05, 4.69) is 39.1 Å². The topological polar surface area (TPSA) is 180 Å². The smallest absolute Gasteiger partial charge is 0.187 e. The van der Waals surface area contributed by atoms with Gasteiger partial charge in [-0.3, -0.25) is 5.32 Å². The molecule has 290 valence electrons. The maximum Gasteiger partial charge on any atom is 0.187 e. The van der Waals surface area contributed by atoms with Gasteiger partial charge in [-0.15, -0.1) is 0 Å². The Morgan fingerprint density at radius 3 is 2.31 bits per heavy atom. The SMILES string of the molecule is CC1CCC2(NC1)OC1CC3C4CC=C5C[C@@H](O[C@@H]6O[C@H](CO)[C@@H](O[C@@H]7O[C@@H](C)[C@H](O)[C@@H](O)[C@H]7O)[C@H](O)[C@H]6O)CC[C@]5(C)C4CC[C@]3(C)C1C2C. The van der Waals surface area contributed by atoms with Crippen molar-refractivity contribution >= 4 is 0 Å². The van der Waals surface area contributed by atoms with Gasteiger partial charge < -0.3 is 54.3 Å². The molecule has 4 aliphatic carbocycles. The van der Waals surface area contributed by atoms with Gasteiger partial charge in [-0.25, -0.2) is 0 Å². The number of hydrogen-bond donors (Lipinski definition) is 7. The molecule has 1 spiro atoms. The lowest BCUT2D eigenvalue weighted by atomic mass is 9.47. The van der Waals surface area contributed by atoms with Crippen LogP contribution in [0.2, 0.25) is 0 Å². The van der Waals surface area contributed by atoms with Crippen LogP contribution in [0.25, 0.3) is 0 Å². The zero-order valence-electron chi connectivity index (χ0n) is 31.0. The fourth-order valence-corrected chi connectivity index (χ4v) is 12.7. The van der Waals surface area contributed by atoms with Gasteiger partial charge in [0, 0.05) is 12.5 Å². The zero-order chi connectivity index (χ0) is 36.2. The molecule has 7 fully saturated rings. The molecular formula is C39H63NO11. The van der Waals surface area contributed by atoms with E-state index in [4.69, 9.17) is 23.7 Å². The van der Waals surface area contributed by atoms with Crippen molar-refractivity contribution in [3.63, 3.8) is 0 Å². The van der Waals surface area contributed by atoms with E-state index in [0.29, 0.717) is 47.0 Å². The lowest BCUT2D eigenvalue weighted by Gasteiger charge is -2.59. The van der Waals surface area contributed by atoms with Gasteiger partial charge in [0.05, 0.1) is 24.9 Å². The molecule has 8 aliphatic rings. The normalized spacial score (nSPS) is 58.4. The van der Waals surface area contributed by atoms with Crippen molar-refractivity contribution in [1.82, 2.24) is 5.32 Å². The van der Waals surface area contributed by atoms with Crippen LogP contribution in [0.4, 0.5) is 0 Å². The predicted octanol–water partition coefficient (Wildman–Crippen LogP) is 1.96. The Morgan fingerprint density at radius 1 is 0.843 bits per heavy atom. The molecule has 4 heterocycles. The van der Waals surface area contributed by atoms with Crippen LogP contribution in [0.15, 0.2) is 11.6 Å². The summed E-state index contributed by atoms with van der Waals surface area (Å²) in [5, 5.41) is 67.0. The third-order valence-corrected chi connectivity index (χ3v) is 15.8. The van der Waals surface area contributed by atoms with Crippen molar-refractivity contribution in [3.8, 4) is 0 Å². The van der Waals surface area contributed by atoms with Gasteiger partial charge in [0.25, 0.3) is 0 Å². The highest BCUT2D eigenvalue weighted by Gasteiger charge is 2.68. The summed E-state index contributed by atoms with van der Waals surface area (Å²) in [6.07, 6.45) is -1.11. The average Bonchev–Trinajstić information content (AvgIpc) is 3.56. The highest BCUT2D eigenvalue weighted by atomic mass is 16.7. The number of fused-ring (bicyclic) bond motifs is 7. The summed E-state index contributed by atoms with van der Waals surface area (Å²) < 4.78 is 30.7. The molecule has 8 unspecified atom stereocenters. The van der Waals surface area contributed by atoms with Crippen molar-refractivity contribution < 1.29 is 54.3 Å². The minimum absolute atomic E-state index is 0.0881. The number of aliphatic hydroxyl groups excluding tert-OH is 6. The van der Waals surface area contributed by atoms with Gasteiger partial charge in [0.2, 0.25) is 0 Å². The molecule has 4 saturated heterocycles. The van der Waals surface area contributed by atoms with Crippen molar-refractivity contribution in [2.45, 2.75) is 172 Å². The third kappa shape index (κ3) is 5.84. The van der Waals surface area contributed by atoms with E-state index in [1.54, 1.807) is 0 Å². The van der Waals surface area contributed by atoms with Gasteiger partial charge >= 0.3 is 0 Å². The molecule has 21 atom stereocenters. The second kappa shape index (κ2) is 13.5. The Kier molecular flexibility index (Phi) is 9.83. The highest BCUT2D eigenvalue weighted by Crippen LogP contribution is 2.70. The summed E-state index contributed by atoms with van der Waals surface area (Å²) in [6, 6.07) is 0. The van der Waals surface area contributed by atoms with Crippen molar-refractivity contribution in [2.24, 2.45) is 46.3 Å². The maximum atomic E-state index is 11.1. The Balaban J connectivity index is 0.915. The Morgan fingerprint density at radius 2 is 1.59 bits per heavy atom. The van der Waals surface area contributed by atoms with Gasteiger partial charge in [-0.2, -0.15) is 0 Å². The lowest BCUT2D eigenvalue weighted by molar-refractivity contribution is -0.360. The van der Waals surface area contributed by atoms with Gasteiger partial charge in [0.1, 0.15) is 48.5 Å². The Hall–Kier alpha value is -0.740. The number of hydrogen-bond acceptors (Lipinski definition) is 12. The number of rotatable bonds is 5. The van der Waals surface area contributed by atoms with Crippen LogP contribution in [-0.4, -0.2) is 123 Å². The number of ether oxygens (including phenoxy) is 5. The predicted molar refractivity (Wildman–Crippen MR) is 184 cm³/mol. The molecule has 12 heteroatoms. The molecular weight excluding hydrogens is 658 g/mol. The van der Waals surface area contributed by atoms with Crippen molar-refractivity contribution in [3.05, 3.63) is 11.6 Å². The lowest BCUT2D eigenvalue weighted by Crippen LogP contribution is -2.64. The van der Waals surface area contributed by atoms with Gasteiger partial charge in [-0.05, 0) is 105 Å². The molecule has 0 radical (unpaired) electrons. The number of piperidine rings is 1. The van der Waals surface area contributed by atoms with Crippen LogP contribution in [0.5, 0.6) is 0 Å². The van der Waals surface area contributed by atoms with Crippen molar-refractivity contribution in [1.29, 1.82) is 0 Å². The molecule has 51 heavy (non-hydrogen) atoms. The number of allylic oxidation sites excluding steroid dienone is 1. The molecule has 0 amide bonds. The number of nitrogens with one attached hydrogen (secondary N) is 1. The zero-order valence-corrected chi connectivity index (χ0v) is 31.0. The summed E-state index contributed by atoms with van der Waals surface area (Å²) >= 11 is 0. The van der Waals surface area contributed by atoms with E-state index in [1.165, 1.54) is 38.2 Å². The second-order valence-corrected chi connectivity index (χ2v) is 18.4. The first-order valence-corrected chi connectivity index (χ1v) is 20.0. The van der Waals surface area contributed by atoms with E-state index in [9.17, 15) is 30.6 Å². The summed E-state index contributed by atoms with van der Waals surface area (Å²) in [5.74, 6) is 3.74. The maximum absolute atomic E-state index is 11.1. The molecule has 4 aliphatic heterocycles. The summed E-state index contributed by atoms with van der Waals surface area (Å²) in [4.78, 5) is 0. The highest BCUT2D eigenvalue weighted by molar-refractivity contribution is 5.26. The molecule has 0 bridgehead atoms. The minimum atomic E-state index is -1.60. The van der Waals surface area contributed by atoms with Crippen LogP contribution in [-0.2, 0) is 23.7 Å². The first kappa shape index (κ1) is 37.2. The molecule has 0 aromatic carbocycles. The Labute approximate surface area is 302 Å². The van der Waals surface area contributed by atoms with E-state index in [0.717, 1.165) is 38.6 Å². The molecule has 12 nitrogen and oxygen atoms in total. The van der Waals surface area contributed by atoms with Crippen LogP contribution < -0.4 is 5.32 Å². The van der Waals surface area contributed by atoms with Crippen LogP contribution in [0.1, 0.15) is 92.4 Å². The van der Waals surface area contributed by atoms with Gasteiger partial charge in [-0.1, -0.05) is 39.3 Å². The second-order valence-electron chi connectivity index (χ2n) is 18.4. The fraction of sp³-hybridized carbons (Fsp3) is 0.949. The molecule has 7 N–H and O–H groups in total. The first-order chi connectivity index (χ1) is 24.2. The molecule has 0 aromatic rings. The quantitative estimate of drug-likeness (QED) is 0.206. The van der Waals surface area contributed by atoms with E-state index >= 15 is 0 Å². The molecule has 3 saturated carbocycles. The Bertz CT molecular complexity index is 1310. The van der Waals surface area contributed by atoms with E-state index in [-0.39, 0.29) is 17.2 Å². The summed E-state index contributed by atoms with van der Waals surface area (Å²) in [7, 11) is 0. The van der Waals surface area contributed by atoms with Gasteiger partial charge in [0.15, 0.2) is 12.6 Å². The standard InChI is InChI=1S/C39H63NO11/c1-18-8-13-39(40-16-18)19(2)28-26(51-39)15-25-23-7-6-21-14-22(9-11-37(21,4)24(23)10-12-38(25,28)5)48-36-33(46)31(44)34(27(17-41)49-36)50-35-32(45)30(43)29(42)20(3)47-35/h6,18-20,22-36,40-46H,7-17H2,1-5H3/t18?,19?,20-,22-,23?,24?,25?,26?,27+,28?,29-,30+,31+,32+,33+,34+,35-,36+,37-,38-,39?/m0/s1. The third-order valence-electron chi connectivity index (χ3n) is 15.8. The van der Waals surface area contributed by atoms with E-state index < -0.39 is 68.0 Å². The summed E-state index contributed by atoms with van der Waals surface area (Å²) in [6.45, 7) is 11.9. The molecule has 0 aromatic heterocycles. The van der Waals surface area contributed by atoms with Crippen LogP contribution in [0.3, 0.4) is 0 Å². The number of aliphatic hydroxyl groups is 6. The van der Waals surface area contributed by atoms with E-state index in [1.807, 2.05) is 0 Å². The van der Waals surface area contributed by atoms with Crippen LogP contribution in [0, 0.1) is 46.3 Å². The monoisotopic (exact) mass is 721 g/mol. The van der Waals surface area contributed by atoms with Crippen molar-refractivity contribution in [2.75, 3.05) is 13.2 Å². The fourth-order valence-electron chi connectivity index (χ4n) is 12.7. The average molecular weight is 722 g/mol. The largest absolute Gasteiger partial charge is 0.394 e. The first-order valence-electron chi connectivity index (χ1n) is 20.0. The summed E-state index contributed by atoms with van der Waals surface area (Å²) in [5.41, 5.74) is 1.66. The van der Waals surface area contributed by atoms with Crippen LogP contribution >= 0.6 is 0 Å². The minimum Gasteiger partial charge on any atom is -0.394 e.